The van der Waals surface area contributed by atoms with Crippen LogP contribution in [0.1, 0.15) is 0 Å². The van der Waals surface area contributed by atoms with Crippen molar-refractivity contribution in [3.63, 3.8) is 0 Å². The van der Waals surface area contributed by atoms with Gasteiger partial charge in [0, 0.05) is 11.1 Å². The van der Waals surface area contributed by atoms with Crippen LogP contribution in [-0.2, 0) is 0 Å². The summed E-state index contributed by atoms with van der Waals surface area (Å²) in [5.74, 6) is 1.95. The summed E-state index contributed by atoms with van der Waals surface area (Å²) < 4.78 is 10.7. The van der Waals surface area contributed by atoms with Crippen LogP contribution in [0.2, 0.25) is 10.0 Å². The molecule has 0 heterocycles. The van der Waals surface area contributed by atoms with Crippen molar-refractivity contribution in [2.24, 2.45) is 0 Å². The van der Waals surface area contributed by atoms with Gasteiger partial charge in [-0.3, -0.25) is 0 Å². The molecule has 0 spiro atoms. The Balaban J connectivity index is 2.21. The fourth-order valence-electron chi connectivity index (χ4n) is 1.32. The predicted octanol–water partition coefficient (Wildman–Crippen LogP) is 4.79. The topological polar surface area (TPSA) is 18.5 Å². The maximum atomic E-state index is 6.06. The quantitative estimate of drug-likeness (QED) is 0.797. The highest BCUT2D eigenvalue weighted by molar-refractivity contribution is 6.32. The van der Waals surface area contributed by atoms with Crippen LogP contribution in [0.4, 0.5) is 0 Å². The van der Waals surface area contributed by atoms with Crippen molar-refractivity contribution in [2.45, 2.75) is 0 Å². The van der Waals surface area contributed by atoms with E-state index in [4.69, 9.17) is 32.7 Å². The molecule has 2 nitrogen and oxygen atoms in total. The first-order valence-electron chi connectivity index (χ1n) is 4.96. The van der Waals surface area contributed by atoms with Crippen molar-refractivity contribution in [3.05, 3.63) is 52.5 Å². The van der Waals surface area contributed by atoms with E-state index in [1.807, 2.05) is 0 Å². The van der Waals surface area contributed by atoms with E-state index in [9.17, 15) is 0 Å². The minimum atomic E-state index is 0.499. The smallest absolute Gasteiger partial charge is 0.146 e. The molecule has 0 amide bonds. The highest BCUT2D eigenvalue weighted by Crippen LogP contribution is 2.32. The second-order valence-corrected chi connectivity index (χ2v) is 4.20. The lowest BCUT2D eigenvalue weighted by atomic mass is 10.3. The molecule has 0 atom stereocenters. The van der Waals surface area contributed by atoms with Crippen molar-refractivity contribution in [2.75, 3.05) is 7.11 Å². The fraction of sp³-hybridized carbons (Fsp3) is 0.0769. The number of hydrogen-bond acceptors (Lipinski definition) is 2. The zero-order valence-corrected chi connectivity index (χ0v) is 10.6. The summed E-state index contributed by atoms with van der Waals surface area (Å²) in [5, 5.41) is 1.16. The summed E-state index contributed by atoms with van der Waals surface area (Å²) >= 11 is 11.8. The van der Waals surface area contributed by atoms with E-state index < -0.39 is 0 Å². The van der Waals surface area contributed by atoms with E-state index in [1.54, 1.807) is 49.6 Å². The summed E-state index contributed by atoms with van der Waals surface area (Å²) in [6, 6.07) is 12.3. The van der Waals surface area contributed by atoms with Gasteiger partial charge in [-0.15, -0.1) is 0 Å². The van der Waals surface area contributed by atoms with Gasteiger partial charge in [-0.25, -0.2) is 0 Å². The van der Waals surface area contributed by atoms with Crippen molar-refractivity contribution < 1.29 is 9.47 Å². The van der Waals surface area contributed by atoms with Gasteiger partial charge in [-0.1, -0.05) is 23.2 Å². The zero-order chi connectivity index (χ0) is 12.3. The fourth-order valence-corrected chi connectivity index (χ4v) is 1.66. The van der Waals surface area contributed by atoms with Gasteiger partial charge in [0.05, 0.1) is 12.1 Å². The highest BCUT2D eigenvalue weighted by atomic mass is 35.5. The molecule has 0 saturated heterocycles. The van der Waals surface area contributed by atoms with E-state index in [0.717, 1.165) is 0 Å². The van der Waals surface area contributed by atoms with E-state index in [2.05, 4.69) is 0 Å². The number of hydrogen-bond donors (Lipinski definition) is 0. The minimum Gasteiger partial charge on any atom is -0.497 e. The molecular weight excluding hydrogens is 259 g/mol. The summed E-state index contributed by atoms with van der Waals surface area (Å²) in [5.41, 5.74) is 0. The molecule has 0 radical (unpaired) electrons. The molecule has 2 rings (SSSR count). The standard InChI is InChI=1S/C13H10Cl2O2/c1-16-11-6-7-13(12(15)8-11)17-10-4-2-9(14)3-5-10/h2-8H,1H3. The molecule has 0 aliphatic carbocycles. The average molecular weight is 269 g/mol. The van der Waals surface area contributed by atoms with Crippen LogP contribution in [-0.4, -0.2) is 7.11 Å². The lowest BCUT2D eigenvalue weighted by Crippen LogP contribution is -1.87. The van der Waals surface area contributed by atoms with Gasteiger partial charge >= 0.3 is 0 Å². The van der Waals surface area contributed by atoms with E-state index in [0.29, 0.717) is 27.3 Å². The monoisotopic (exact) mass is 268 g/mol. The number of ether oxygens (including phenoxy) is 2. The van der Waals surface area contributed by atoms with Gasteiger partial charge < -0.3 is 9.47 Å². The molecule has 0 unspecified atom stereocenters. The highest BCUT2D eigenvalue weighted by Gasteiger charge is 2.04. The summed E-state index contributed by atoms with van der Waals surface area (Å²) in [6.07, 6.45) is 0. The summed E-state index contributed by atoms with van der Waals surface area (Å²) in [4.78, 5) is 0. The van der Waals surface area contributed by atoms with Crippen LogP contribution < -0.4 is 9.47 Å². The Hall–Kier alpha value is -1.38. The molecule has 2 aromatic rings. The van der Waals surface area contributed by atoms with Crippen LogP contribution in [0.3, 0.4) is 0 Å². The van der Waals surface area contributed by atoms with Gasteiger partial charge in [0.1, 0.15) is 17.2 Å². The first kappa shape index (κ1) is 12.1. The Morgan fingerprint density at radius 1 is 0.882 bits per heavy atom. The SMILES string of the molecule is COc1ccc(Oc2ccc(Cl)cc2)c(Cl)c1. The molecule has 0 bridgehead atoms. The molecular formula is C13H10Cl2O2. The molecule has 88 valence electrons. The van der Waals surface area contributed by atoms with Gasteiger partial charge in [0.15, 0.2) is 0 Å². The molecule has 0 fully saturated rings. The van der Waals surface area contributed by atoms with Gasteiger partial charge in [0.25, 0.3) is 0 Å². The van der Waals surface area contributed by atoms with Crippen molar-refractivity contribution in [3.8, 4) is 17.2 Å². The Morgan fingerprint density at radius 3 is 2.12 bits per heavy atom. The third-order valence-electron chi connectivity index (χ3n) is 2.18. The van der Waals surface area contributed by atoms with Crippen molar-refractivity contribution in [1.29, 1.82) is 0 Å². The van der Waals surface area contributed by atoms with Gasteiger partial charge in [-0.05, 0) is 36.4 Å². The lowest BCUT2D eigenvalue weighted by molar-refractivity contribution is 0.413. The van der Waals surface area contributed by atoms with Crippen LogP contribution >= 0.6 is 23.2 Å². The first-order valence-corrected chi connectivity index (χ1v) is 5.71. The summed E-state index contributed by atoms with van der Waals surface area (Å²) in [6.45, 7) is 0. The number of methoxy groups -OCH3 is 1. The number of halogens is 2. The Morgan fingerprint density at radius 2 is 1.53 bits per heavy atom. The normalized spacial score (nSPS) is 10.1. The molecule has 0 aromatic heterocycles. The van der Waals surface area contributed by atoms with Crippen LogP contribution in [0.15, 0.2) is 42.5 Å². The second kappa shape index (κ2) is 5.30. The molecule has 0 saturated carbocycles. The van der Waals surface area contributed by atoms with E-state index in [1.165, 1.54) is 0 Å². The molecule has 0 aliphatic heterocycles. The van der Waals surface area contributed by atoms with E-state index in [-0.39, 0.29) is 0 Å². The Bertz CT molecular complexity index is 509. The molecule has 2 aromatic carbocycles. The van der Waals surface area contributed by atoms with Crippen LogP contribution in [0.25, 0.3) is 0 Å². The van der Waals surface area contributed by atoms with Gasteiger partial charge in [0.2, 0.25) is 0 Å². The number of benzene rings is 2. The lowest BCUT2D eigenvalue weighted by Gasteiger charge is -2.08. The maximum Gasteiger partial charge on any atom is 0.146 e. The Kier molecular flexibility index (Phi) is 3.77. The van der Waals surface area contributed by atoms with Crippen LogP contribution in [0.5, 0.6) is 17.2 Å². The maximum absolute atomic E-state index is 6.06. The average Bonchev–Trinajstić information content (AvgIpc) is 2.34. The van der Waals surface area contributed by atoms with Crippen molar-refractivity contribution >= 4 is 23.2 Å². The molecule has 4 heteroatoms. The molecule has 0 N–H and O–H groups in total. The zero-order valence-electron chi connectivity index (χ0n) is 9.11. The second-order valence-electron chi connectivity index (χ2n) is 3.35. The summed E-state index contributed by atoms with van der Waals surface area (Å²) in [7, 11) is 1.59. The third kappa shape index (κ3) is 3.05. The van der Waals surface area contributed by atoms with E-state index >= 15 is 0 Å². The third-order valence-corrected chi connectivity index (χ3v) is 2.73. The molecule has 17 heavy (non-hydrogen) atoms. The van der Waals surface area contributed by atoms with Crippen molar-refractivity contribution in [1.82, 2.24) is 0 Å². The Labute approximate surface area is 110 Å². The first-order chi connectivity index (χ1) is 8.19. The van der Waals surface area contributed by atoms with Crippen LogP contribution in [0, 0.1) is 0 Å². The minimum absolute atomic E-state index is 0.499. The number of rotatable bonds is 3. The molecule has 0 aliphatic rings. The largest absolute Gasteiger partial charge is 0.497 e. The van der Waals surface area contributed by atoms with Gasteiger partial charge in [-0.2, -0.15) is 0 Å². The predicted molar refractivity (Wildman–Crippen MR) is 69.5 cm³/mol.